The van der Waals surface area contributed by atoms with Crippen molar-refractivity contribution in [1.29, 1.82) is 0 Å². The quantitative estimate of drug-likeness (QED) is 0.185. The van der Waals surface area contributed by atoms with Gasteiger partial charge in [0, 0.05) is 0 Å². The number of halogens is 6. The van der Waals surface area contributed by atoms with Crippen LogP contribution in [-0.4, -0.2) is 61.1 Å². The molecule has 156 valence electrons. The van der Waals surface area contributed by atoms with Gasteiger partial charge in [-0.05, 0) is 6.92 Å². The van der Waals surface area contributed by atoms with Crippen LogP contribution in [0.2, 0.25) is 0 Å². The second kappa shape index (κ2) is 8.22. The highest BCUT2D eigenvalue weighted by molar-refractivity contribution is 7.86. The predicted octanol–water partition coefficient (Wildman–Crippen LogP) is 0.901. The zero-order valence-corrected chi connectivity index (χ0v) is 13.8. The van der Waals surface area contributed by atoms with Crippen LogP contribution in [0.1, 0.15) is 6.92 Å². The summed E-state index contributed by atoms with van der Waals surface area (Å²) in [5.74, 6) is -13.8. The van der Waals surface area contributed by atoms with Crippen LogP contribution in [0.4, 0.5) is 26.3 Å². The van der Waals surface area contributed by atoms with E-state index in [2.05, 4.69) is 20.8 Å². The van der Waals surface area contributed by atoms with E-state index < -0.39 is 64.1 Å². The van der Waals surface area contributed by atoms with Crippen LogP contribution in [0, 0.1) is 0 Å². The maximum atomic E-state index is 13.2. The summed E-state index contributed by atoms with van der Waals surface area (Å²) < 4.78 is 119. The van der Waals surface area contributed by atoms with Crippen molar-refractivity contribution >= 4 is 27.8 Å². The molecule has 0 aromatic carbocycles. The van der Waals surface area contributed by atoms with E-state index in [1.54, 1.807) is 0 Å². The fraction of sp³-hybridized carbons (Fsp3) is 0.545. The first-order valence-corrected chi connectivity index (χ1v) is 7.61. The number of hydrogen-bond acceptors (Lipinski definition) is 8. The van der Waals surface area contributed by atoms with Crippen molar-refractivity contribution in [2.75, 3.05) is 13.2 Å². The number of hydrogen-bond donors (Lipinski definition) is 1. The van der Waals surface area contributed by atoms with E-state index in [0.29, 0.717) is 0 Å². The molecule has 9 nitrogen and oxygen atoms in total. The normalized spacial score (nSPS) is 14.8. The Balaban J connectivity index is 6.14. The minimum atomic E-state index is -6.33. The number of carbonyl (C=O) groups is 3. The van der Waals surface area contributed by atoms with Gasteiger partial charge < -0.3 is 14.2 Å². The van der Waals surface area contributed by atoms with Gasteiger partial charge in [0.1, 0.15) is 13.2 Å². The van der Waals surface area contributed by atoms with Crippen molar-refractivity contribution in [2.24, 2.45) is 0 Å². The van der Waals surface area contributed by atoms with Gasteiger partial charge in [-0.25, -0.2) is 9.59 Å². The number of rotatable bonds is 9. The number of alkyl halides is 5. The Morgan fingerprint density at radius 2 is 1.59 bits per heavy atom. The Morgan fingerprint density at radius 1 is 1.11 bits per heavy atom. The largest absolute Gasteiger partial charge is 0.468 e. The average Bonchev–Trinajstić information content (AvgIpc) is 2.46. The van der Waals surface area contributed by atoms with Crippen molar-refractivity contribution in [3.05, 3.63) is 12.4 Å². The summed E-state index contributed by atoms with van der Waals surface area (Å²) in [6.07, 6.45) is -6.23. The number of carbonyl (C=O) groups excluding carboxylic acids is 3. The van der Waals surface area contributed by atoms with Crippen LogP contribution >= 0.6 is 0 Å². The van der Waals surface area contributed by atoms with Gasteiger partial charge in [0.2, 0.25) is 5.83 Å². The third-order valence-electron chi connectivity index (χ3n) is 2.33. The molecule has 1 atom stereocenters. The average molecular weight is 432 g/mol. The van der Waals surface area contributed by atoms with Gasteiger partial charge in [0.05, 0.1) is 0 Å². The van der Waals surface area contributed by atoms with Gasteiger partial charge in [-0.2, -0.15) is 34.8 Å². The molecule has 27 heavy (non-hydrogen) atoms. The van der Waals surface area contributed by atoms with Gasteiger partial charge in [0.25, 0.3) is 0 Å². The number of esters is 2. The molecule has 0 aliphatic carbocycles. The van der Waals surface area contributed by atoms with E-state index in [4.69, 9.17) is 4.55 Å². The molecule has 0 bridgehead atoms. The van der Waals surface area contributed by atoms with Gasteiger partial charge >= 0.3 is 39.3 Å². The second-order valence-electron chi connectivity index (χ2n) is 4.59. The maximum Gasteiger partial charge on any atom is 0.468 e. The summed E-state index contributed by atoms with van der Waals surface area (Å²) in [5.41, 5.74) is 0. The molecule has 0 amide bonds. The van der Waals surface area contributed by atoms with E-state index in [1.807, 2.05) is 0 Å². The molecule has 0 aliphatic rings. The highest BCUT2D eigenvalue weighted by Crippen LogP contribution is 2.38. The lowest BCUT2D eigenvalue weighted by atomic mass is 10.2. The molecule has 0 saturated heterocycles. The molecule has 0 saturated carbocycles. The van der Waals surface area contributed by atoms with E-state index in [0.717, 1.165) is 6.92 Å². The molecule has 1 N–H and O–H groups in total. The van der Waals surface area contributed by atoms with Crippen LogP contribution in [-0.2, 0) is 38.7 Å². The third kappa shape index (κ3) is 6.17. The van der Waals surface area contributed by atoms with Crippen molar-refractivity contribution in [1.82, 2.24) is 0 Å². The van der Waals surface area contributed by atoms with E-state index >= 15 is 0 Å². The topological polar surface area (TPSA) is 133 Å². The monoisotopic (exact) mass is 432 g/mol. The molecule has 0 radical (unpaired) electrons. The Hall–Kier alpha value is -2.20. The molecule has 1 unspecified atom stereocenters. The van der Waals surface area contributed by atoms with Crippen LogP contribution in [0.25, 0.3) is 0 Å². The minimum Gasteiger partial charge on any atom is -0.453 e. The summed E-state index contributed by atoms with van der Waals surface area (Å²) in [4.78, 5) is 33.4. The van der Waals surface area contributed by atoms with Gasteiger partial charge in [-0.1, -0.05) is 6.58 Å². The Kier molecular flexibility index (Phi) is 7.55. The number of ketones is 1. The maximum absolute atomic E-state index is 13.2. The Labute approximate surface area is 146 Å². The summed E-state index contributed by atoms with van der Waals surface area (Å²) in [6.45, 7) is -1.28. The van der Waals surface area contributed by atoms with Crippen molar-refractivity contribution < 1.29 is 67.9 Å². The number of ether oxygens (including phenoxy) is 3. The molecular formula is C11H10F6O9S. The summed E-state index contributed by atoms with van der Waals surface area (Å²) >= 11 is 0. The molecule has 0 fully saturated rings. The first kappa shape index (κ1) is 24.8. The minimum absolute atomic E-state index is 0.727. The van der Waals surface area contributed by atoms with Gasteiger partial charge in [-0.15, -0.1) is 0 Å². The Bertz CT molecular complexity index is 729. The molecule has 0 heterocycles. The van der Waals surface area contributed by atoms with Crippen molar-refractivity contribution in [3.8, 4) is 0 Å². The number of Topliss-reactive ketones (excluding diaryl/α,β-unsaturated/α-hetero) is 1. The zero-order chi connectivity index (χ0) is 21.8. The lowest BCUT2D eigenvalue weighted by Gasteiger charge is -2.32. The molecule has 0 aromatic heterocycles. The second-order valence-corrected chi connectivity index (χ2v) is 6.14. The standard InChI is InChI=1S/C11H10F6O9S/c1-5(18)3-24-8(20)10(11(15,16)17,26-7(19)6(2)12)25-4-9(13,14)27(21,22)23/h2-4H2,1H3,(H,21,22,23). The van der Waals surface area contributed by atoms with Crippen LogP contribution < -0.4 is 0 Å². The van der Waals surface area contributed by atoms with Crippen molar-refractivity contribution in [3.63, 3.8) is 0 Å². The fourth-order valence-corrected chi connectivity index (χ4v) is 1.30. The summed E-state index contributed by atoms with van der Waals surface area (Å²) in [6, 6.07) is 0. The first-order valence-electron chi connectivity index (χ1n) is 6.17. The molecule has 0 rings (SSSR count). The smallest absolute Gasteiger partial charge is 0.453 e. The van der Waals surface area contributed by atoms with E-state index in [9.17, 15) is 49.1 Å². The summed E-state index contributed by atoms with van der Waals surface area (Å²) in [5, 5.41) is -5.41. The lowest BCUT2D eigenvalue weighted by Crippen LogP contribution is -2.59. The highest BCUT2D eigenvalue weighted by Gasteiger charge is 2.69. The fourth-order valence-electron chi connectivity index (χ4n) is 1.09. The summed E-state index contributed by atoms with van der Waals surface area (Å²) in [7, 11) is -6.33. The predicted molar refractivity (Wildman–Crippen MR) is 69.2 cm³/mol. The van der Waals surface area contributed by atoms with Gasteiger partial charge in [0.15, 0.2) is 5.78 Å². The highest BCUT2D eigenvalue weighted by atomic mass is 32.2. The lowest BCUT2D eigenvalue weighted by molar-refractivity contribution is -0.360. The van der Waals surface area contributed by atoms with E-state index in [1.165, 1.54) is 0 Å². The zero-order valence-electron chi connectivity index (χ0n) is 13.0. The Morgan fingerprint density at radius 3 is 1.93 bits per heavy atom. The van der Waals surface area contributed by atoms with Gasteiger partial charge in [-0.3, -0.25) is 9.35 Å². The molecule has 0 aromatic rings. The first-order chi connectivity index (χ1) is 11.9. The molecule has 0 spiro atoms. The molecule has 16 heteroatoms. The van der Waals surface area contributed by atoms with Crippen LogP contribution in [0.5, 0.6) is 0 Å². The van der Waals surface area contributed by atoms with Crippen LogP contribution in [0.3, 0.4) is 0 Å². The third-order valence-corrected chi connectivity index (χ3v) is 3.20. The van der Waals surface area contributed by atoms with Crippen LogP contribution in [0.15, 0.2) is 12.4 Å². The molecule has 0 aliphatic heterocycles. The van der Waals surface area contributed by atoms with E-state index in [-0.39, 0.29) is 0 Å². The SMILES string of the molecule is C=C(F)C(=O)OC(OCC(F)(F)S(=O)(=O)O)(C(=O)OCC(C)=O)C(F)(F)F. The molecular weight excluding hydrogens is 422 g/mol. The van der Waals surface area contributed by atoms with Crippen molar-refractivity contribution in [2.45, 2.75) is 24.1 Å².